The molecule has 0 aromatic heterocycles. The average molecular weight is 346 g/mol. The van der Waals surface area contributed by atoms with Crippen LogP contribution in [0, 0.1) is 27.7 Å². The maximum Gasteiger partial charge on any atom is 0.0581 e. The van der Waals surface area contributed by atoms with Gasteiger partial charge in [0.25, 0.3) is 0 Å². The Morgan fingerprint density at radius 1 is 0.905 bits per heavy atom. The highest BCUT2D eigenvalue weighted by Crippen LogP contribution is 2.31. The van der Waals surface area contributed by atoms with E-state index in [2.05, 4.69) is 86.2 Å². The van der Waals surface area contributed by atoms with E-state index < -0.39 is 0 Å². The highest BCUT2D eigenvalue weighted by atomic mass is 79.9. The zero-order valence-corrected chi connectivity index (χ0v) is 15.1. The van der Waals surface area contributed by atoms with Gasteiger partial charge in [-0.05, 0) is 68.1 Å². The smallest absolute Gasteiger partial charge is 0.0581 e. The molecule has 0 bridgehead atoms. The SMILES string of the molecule is CCNC(c1ccc(C)cc1C)c1cc(C)c(Br)cc1C. The largest absolute Gasteiger partial charge is 0.307 e. The van der Waals surface area contributed by atoms with Crippen molar-refractivity contribution in [3.63, 3.8) is 0 Å². The quantitative estimate of drug-likeness (QED) is 0.783. The summed E-state index contributed by atoms with van der Waals surface area (Å²) in [6, 6.07) is 11.5. The standard InChI is InChI=1S/C19H24BrN/c1-6-21-19(16-8-7-12(2)9-13(16)3)17-10-15(5)18(20)11-14(17)4/h7-11,19,21H,6H2,1-5H3. The van der Waals surface area contributed by atoms with Gasteiger partial charge in [0.15, 0.2) is 0 Å². The molecule has 2 aromatic carbocycles. The molecule has 0 spiro atoms. The molecule has 0 aliphatic rings. The fourth-order valence-electron chi connectivity index (χ4n) is 2.86. The van der Waals surface area contributed by atoms with Crippen LogP contribution in [0.15, 0.2) is 34.8 Å². The normalized spacial score (nSPS) is 12.5. The maximum atomic E-state index is 3.65. The van der Waals surface area contributed by atoms with E-state index in [-0.39, 0.29) is 6.04 Å². The molecular formula is C19H24BrN. The van der Waals surface area contributed by atoms with Gasteiger partial charge in [-0.25, -0.2) is 0 Å². The first-order chi connectivity index (χ1) is 9.93. The lowest BCUT2D eigenvalue weighted by Gasteiger charge is -2.24. The zero-order chi connectivity index (χ0) is 15.6. The molecule has 1 N–H and O–H groups in total. The summed E-state index contributed by atoms with van der Waals surface area (Å²) in [7, 11) is 0. The molecule has 1 nitrogen and oxygen atoms in total. The van der Waals surface area contributed by atoms with Crippen molar-refractivity contribution in [3.8, 4) is 0 Å². The van der Waals surface area contributed by atoms with E-state index in [9.17, 15) is 0 Å². The minimum atomic E-state index is 0.252. The van der Waals surface area contributed by atoms with Crippen molar-refractivity contribution in [1.82, 2.24) is 5.32 Å². The minimum absolute atomic E-state index is 0.252. The van der Waals surface area contributed by atoms with Crippen LogP contribution in [0.2, 0.25) is 0 Å². The third-order valence-corrected chi connectivity index (χ3v) is 4.86. The molecule has 0 saturated heterocycles. The number of nitrogens with one attached hydrogen (secondary N) is 1. The van der Waals surface area contributed by atoms with Crippen LogP contribution in [0.3, 0.4) is 0 Å². The molecule has 2 aromatic rings. The summed E-state index contributed by atoms with van der Waals surface area (Å²) in [6.07, 6.45) is 0. The third kappa shape index (κ3) is 3.56. The number of hydrogen-bond acceptors (Lipinski definition) is 1. The Labute approximate surface area is 136 Å². The number of rotatable bonds is 4. The predicted molar refractivity (Wildman–Crippen MR) is 95.1 cm³/mol. The lowest BCUT2D eigenvalue weighted by molar-refractivity contribution is 0.624. The van der Waals surface area contributed by atoms with Gasteiger partial charge in [0.2, 0.25) is 0 Å². The lowest BCUT2D eigenvalue weighted by atomic mass is 9.90. The number of halogens is 1. The first-order valence-electron chi connectivity index (χ1n) is 7.51. The first-order valence-corrected chi connectivity index (χ1v) is 8.30. The van der Waals surface area contributed by atoms with Gasteiger partial charge in [0.1, 0.15) is 0 Å². The Balaban J connectivity index is 2.55. The summed E-state index contributed by atoms with van der Waals surface area (Å²) in [4.78, 5) is 0. The van der Waals surface area contributed by atoms with Gasteiger partial charge >= 0.3 is 0 Å². The minimum Gasteiger partial charge on any atom is -0.307 e. The van der Waals surface area contributed by atoms with Crippen molar-refractivity contribution in [2.45, 2.75) is 40.7 Å². The van der Waals surface area contributed by atoms with E-state index in [0.29, 0.717) is 0 Å². The third-order valence-electron chi connectivity index (χ3n) is 4.00. The van der Waals surface area contributed by atoms with E-state index in [0.717, 1.165) is 6.54 Å². The Bertz CT molecular complexity index is 646. The molecule has 21 heavy (non-hydrogen) atoms. The molecule has 2 rings (SSSR count). The van der Waals surface area contributed by atoms with Gasteiger partial charge < -0.3 is 5.32 Å². The molecule has 0 amide bonds. The second-order valence-corrected chi connectivity index (χ2v) is 6.66. The van der Waals surface area contributed by atoms with Crippen LogP contribution in [0.1, 0.15) is 46.3 Å². The van der Waals surface area contributed by atoms with Crippen molar-refractivity contribution < 1.29 is 0 Å². The summed E-state index contributed by atoms with van der Waals surface area (Å²) >= 11 is 3.63. The summed E-state index contributed by atoms with van der Waals surface area (Å²) in [6.45, 7) is 11.8. The molecule has 0 radical (unpaired) electrons. The van der Waals surface area contributed by atoms with Gasteiger partial charge in [-0.3, -0.25) is 0 Å². The Morgan fingerprint density at radius 3 is 2.19 bits per heavy atom. The van der Waals surface area contributed by atoms with E-state index in [1.807, 2.05) is 0 Å². The Kier molecular flexibility index (Phi) is 5.23. The maximum absolute atomic E-state index is 3.65. The molecular weight excluding hydrogens is 322 g/mol. The first kappa shape index (κ1) is 16.3. The van der Waals surface area contributed by atoms with Gasteiger partial charge in [0, 0.05) is 4.47 Å². The summed E-state index contributed by atoms with van der Waals surface area (Å²) in [5, 5.41) is 3.65. The molecule has 1 unspecified atom stereocenters. The fraction of sp³-hybridized carbons (Fsp3) is 0.368. The predicted octanol–water partition coefficient (Wildman–Crippen LogP) is 5.38. The van der Waals surface area contributed by atoms with E-state index in [1.165, 1.54) is 37.9 Å². The Morgan fingerprint density at radius 2 is 1.57 bits per heavy atom. The topological polar surface area (TPSA) is 12.0 Å². The van der Waals surface area contributed by atoms with Crippen LogP contribution in [0.25, 0.3) is 0 Å². The van der Waals surface area contributed by atoms with Crippen molar-refractivity contribution in [3.05, 3.63) is 68.2 Å². The van der Waals surface area contributed by atoms with Gasteiger partial charge in [0.05, 0.1) is 6.04 Å². The number of aryl methyl sites for hydroxylation is 4. The number of benzene rings is 2. The molecule has 0 saturated carbocycles. The highest BCUT2D eigenvalue weighted by molar-refractivity contribution is 9.10. The molecule has 0 fully saturated rings. The van der Waals surface area contributed by atoms with Gasteiger partial charge in [-0.1, -0.05) is 52.7 Å². The molecule has 0 aliphatic carbocycles. The number of hydrogen-bond donors (Lipinski definition) is 1. The van der Waals surface area contributed by atoms with Gasteiger partial charge in [-0.15, -0.1) is 0 Å². The van der Waals surface area contributed by atoms with Crippen molar-refractivity contribution in [1.29, 1.82) is 0 Å². The fourth-order valence-corrected chi connectivity index (χ4v) is 3.31. The van der Waals surface area contributed by atoms with Crippen LogP contribution in [0.5, 0.6) is 0 Å². The summed E-state index contributed by atoms with van der Waals surface area (Å²) in [5.74, 6) is 0. The van der Waals surface area contributed by atoms with Crippen molar-refractivity contribution >= 4 is 15.9 Å². The van der Waals surface area contributed by atoms with Gasteiger partial charge in [-0.2, -0.15) is 0 Å². The van der Waals surface area contributed by atoms with E-state index >= 15 is 0 Å². The van der Waals surface area contributed by atoms with Crippen molar-refractivity contribution in [2.24, 2.45) is 0 Å². The van der Waals surface area contributed by atoms with Crippen LogP contribution >= 0.6 is 15.9 Å². The highest BCUT2D eigenvalue weighted by Gasteiger charge is 2.18. The van der Waals surface area contributed by atoms with E-state index in [1.54, 1.807) is 0 Å². The van der Waals surface area contributed by atoms with E-state index in [4.69, 9.17) is 0 Å². The lowest BCUT2D eigenvalue weighted by Crippen LogP contribution is -2.23. The van der Waals surface area contributed by atoms with Crippen molar-refractivity contribution in [2.75, 3.05) is 6.54 Å². The van der Waals surface area contributed by atoms with Crippen LogP contribution in [-0.2, 0) is 0 Å². The summed E-state index contributed by atoms with van der Waals surface area (Å²) < 4.78 is 1.18. The zero-order valence-electron chi connectivity index (χ0n) is 13.5. The Hall–Kier alpha value is -1.12. The average Bonchev–Trinajstić information content (AvgIpc) is 2.41. The molecule has 2 heteroatoms. The second-order valence-electron chi connectivity index (χ2n) is 5.81. The second kappa shape index (κ2) is 6.76. The molecule has 1 atom stereocenters. The van der Waals surface area contributed by atoms with Crippen LogP contribution in [-0.4, -0.2) is 6.54 Å². The summed E-state index contributed by atoms with van der Waals surface area (Å²) in [5.41, 5.74) is 7.99. The monoisotopic (exact) mass is 345 g/mol. The molecule has 0 aliphatic heterocycles. The van der Waals surface area contributed by atoms with Crippen LogP contribution < -0.4 is 5.32 Å². The van der Waals surface area contributed by atoms with Crippen LogP contribution in [0.4, 0.5) is 0 Å². The molecule has 112 valence electrons. The molecule has 0 heterocycles.